The van der Waals surface area contributed by atoms with Crippen molar-refractivity contribution in [1.29, 1.82) is 0 Å². The molecule has 5 heteroatoms. The maximum atomic E-state index is 12.4. The molecule has 4 nitrogen and oxygen atoms in total. The largest absolute Gasteiger partial charge is 0.329 e. The fourth-order valence-electron chi connectivity index (χ4n) is 2.18. The highest BCUT2D eigenvalue weighted by atomic mass is 35.5. The zero-order valence-corrected chi connectivity index (χ0v) is 14.0. The molecular formula is C18H19ClN2O2. The second-order valence-electron chi connectivity index (χ2n) is 5.25. The average Bonchev–Trinajstić information content (AvgIpc) is 2.56. The number of para-hydroxylation sites is 1. The summed E-state index contributed by atoms with van der Waals surface area (Å²) in [4.78, 5) is 27.3. The van der Waals surface area contributed by atoms with Crippen molar-refractivity contribution in [3.63, 3.8) is 0 Å². The van der Waals surface area contributed by atoms with Gasteiger partial charge in [-0.05, 0) is 23.8 Å². The van der Waals surface area contributed by atoms with Crippen molar-refractivity contribution in [3.05, 3.63) is 65.2 Å². The molecule has 0 aliphatic carbocycles. The van der Waals surface area contributed by atoms with Crippen LogP contribution in [0.3, 0.4) is 0 Å². The van der Waals surface area contributed by atoms with Crippen LogP contribution in [0.15, 0.2) is 54.6 Å². The summed E-state index contributed by atoms with van der Waals surface area (Å²) in [6.45, 7) is 1.77. The first-order valence-electron chi connectivity index (χ1n) is 7.29. The number of anilines is 1. The molecule has 0 atom stereocenters. The zero-order chi connectivity index (χ0) is 16.8. The molecule has 2 aromatic carbocycles. The fraction of sp³-hybridized carbons (Fsp3) is 0.222. The Bertz CT molecular complexity index is 688. The van der Waals surface area contributed by atoms with Gasteiger partial charge in [0.2, 0.25) is 11.8 Å². The van der Waals surface area contributed by atoms with E-state index < -0.39 is 0 Å². The van der Waals surface area contributed by atoms with Crippen LogP contribution >= 0.6 is 11.6 Å². The molecule has 0 heterocycles. The van der Waals surface area contributed by atoms with Crippen LogP contribution in [0.4, 0.5) is 5.69 Å². The highest BCUT2D eigenvalue weighted by molar-refractivity contribution is 6.31. The molecule has 0 bridgehead atoms. The standard InChI is InChI=1S/C18H19ClN2O2/c1-14(22)21(12-15-8-6-7-11-17(15)19)13-18(23)20(2)16-9-4-3-5-10-16/h3-11H,12-13H2,1-2H3. The highest BCUT2D eigenvalue weighted by Gasteiger charge is 2.18. The molecule has 0 N–H and O–H groups in total. The number of hydrogen-bond acceptors (Lipinski definition) is 2. The van der Waals surface area contributed by atoms with E-state index in [1.165, 1.54) is 11.8 Å². The predicted molar refractivity (Wildman–Crippen MR) is 92.4 cm³/mol. The van der Waals surface area contributed by atoms with Crippen LogP contribution in [0.2, 0.25) is 5.02 Å². The third kappa shape index (κ3) is 4.57. The Kier molecular flexibility index (Phi) is 5.77. The van der Waals surface area contributed by atoms with E-state index >= 15 is 0 Å². The topological polar surface area (TPSA) is 40.6 Å². The number of rotatable bonds is 5. The third-order valence-corrected chi connectivity index (χ3v) is 3.98. The van der Waals surface area contributed by atoms with E-state index in [9.17, 15) is 9.59 Å². The Labute approximate surface area is 141 Å². The summed E-state index contributed by atoms with van der Waals surface area (Å²) in [6.07, 6.45) is 0. The van der Waals surface area contributed by atoms with E-state index in [2.05, 4.69) is 0 Å². The summed E-state index contributed by atoms with van der Waals surface area (Å²) >= 11 is 6.13. The molecule has 0 spiro atoms. The molecule has 120 valence electrons. The maximum absolute atomic E-state index is 12.4. The SMILES string of the molecule is CC(=O)N(CC(=O)N(C)c1ccccc1)Cc1ccccc1Cl. The summed E-state index contributed by atoms with van der Waals surface area (Å²) in [6, 6.07) is 16.6. The van der Waals surface area contributed by atoms with Crippen molar-refractivity contribution in [1.82, 2.24) is 4.90 Å². The van der Waals surface area contributed by atoms with E-state index in [4.69, 9.17) is 11.6 Å². The van der Waals surface area contributed by atoms with Crippen LogP contribution < -0.4 is 4.90 Å². The minimum Gasteiger partial charge on any atom is -0.329 e. The number of nitrogens with zero attached hydrogens (tertiary/aromatic N) is 2. The van der Waals surface area contributed by atoms with Crippen molar-refractivity contribution in [2.24, 2.45) is 0 Å². The molecule has 0 radical (unpaired) electrons. The predicted octanol–water partition coefficient (Wildman–Crippen LogP) is 3.35. The van der Waals surface area contributed by atoms with Gasteiger partial charge in [-0.3, -0.25) is 9.59 Å². The number of benzene rings is 2. The van der Waals surface area contributed by atoms with Crippen LogP contribution in [0, 0.1) is 0 Å². The Hall–Kier alpha value is -2.33. The average molecular weight is 331 g/mol. The maximum Gasteiger partial charge on any atom is 0.246 e. The van der Waals surface area contributed by atoms with Gasteiger partial charge in [0, 0.05) is 31.2 Å². The first-order chi connectivity index (χ1) is 11.0. The van der Waals surface area contributed by atoms with Gasteiger partial charge in [-0.2, -0.15) is 0 Å². The highest BCUT2D eigenvalue weighted by Crippen LogP contribution is 2.18. The molecule has 2 aromatic rings. The number of carbonyl (C=O) groups is 2. The van der Waals surface area contributed by atoms with Crippen molar-refractivity contribution in [2.45, 2.75) is 13.5 Å². The van der Waals surface area contributed by atoms with Crippen molar-refractivity contribution in [2.75, 3.05) is 18.5 Å². The summed E-state index contributed by atoms with van der Waals surface area (Å²) in [5.41, 5.74) is 1.61. The van der Waals surface area contributed by atoms with Crippen LogP contribution in [0.1, 0.15) is 12.5 Å². The monoisotopic (exact) mass is 330 g/mol. The van der Waals surface area contributed by atoms with E-state index in [1.807, 2.05) is 48.5 Å². The molecule has 0 aromatic heterocycles. The number of carbonyl (C=O) groups excluding carboxylic acids is 2. The summed E-state index contributed by atoms with van der Waals surface area (Å²) < 4.78 is 0. The lowest BCUT2D eigenvalue weighted by atomic mass is 10.2. The molecule has 0 fully saturated rings. The number of halogens is 1. The minimum absolute atomic E-state index is 0.00590. The Balaban J connectivity index is 2.09. The summed E-state index contributed by atoms with van der Waals surface area (Å²) in [7, 11) is 1.70. The molecule has 2 amide bonds. The smallest absolute Gasteiger partial charge is 0.246 e. The Morgan fingerprint density at radius 1 is 1.00 bits per heavy atom. The van der Waals surface area contributed by atoms with E-state index in [0.717, 1.165) is 11.3 Å². The van der Waals surface area contributed by atoms with Gasteiger partial charge in [0.05, 0.1) is 0 Å². The normalized spacial score (nSPS) is 10.2. The van der Waals surface area contributed by atoms with Crippen molar-refractivity contribution >= 4 is 29.1 Å². The molecule has 0 saturated carbocycles. The van der Waals surface area contributed by atoms with Gasteiger partial charge in [-0.15, -0.1) is 0 Å². The number of amides is 2. The van der Waals surface area contributed by atoms with Crippen molar-refractivity contribution in [3.8, 4) is 0 Å². The molecule has 23 heavy (non-hydrogen) atoms. The molecule has 0 aliphatic rings. The molecular weight excluding hydrogens is 312 g/mol. The van der Waals surface area contributed by atoms with Crippen molar-refractivity contribution < 1.29 is 9.59 Å². The molecule has 0 unspecified atom stereocenters. The van der Waals surface area contributed by atoms with Gasteiger partial charge < -0.3 is 9.80 Å². The van der Waals surface area contributed by atoms with E-state index in [0.29, 0.717) is 11.6 Å². The second-order valence-corrected chi connectivity index (χ2v) is 5.66. The molecule has 0 aliphatic heterocycles. The van der Waals surface area contributed by atoms with Crippen LogP contribution in [0.25, 0.3) is 0 Å². The van der Waals surface area contributed by atoms with Crippen LogP contribution in [-0.4, -0.2) is 30.3 Å². The Morgan fingerprint density at radius 2 is 1.61 bits per heavy atom. The summed E-state index contributed by atoms with van der Waals surface area (Å²) in [5, 5.41) is 0.586. The lowest BCUT2D eigenvalue weighted by molar-refractivity contribution is -0.133. The summed E-state index contributed by atoms with van der Waals surface area (Å²) in [5.74, 6) is -0.321. The fourth-order valence-corrected chi connectivity index (χ4v) is 2.37. The van der Waals surface area contributed by atoms with Gasteiger partial charge in [0.25, 0.3) is 0 Å². The van der Waals surface area contributed by atoms with Crippen LogP contribution in [0.5, 0.6) is 0 Å². The lowest BCUT2D eigenvalue weighted by Crippen LogP contribution is -2.40. The number of likely N-dealkylation sites (N-methyl/N-ethyl adjacent to an activating group) is 1. The lowest BCUT2D eigenvalue weighted by Gasteiger charge is -2.25. The van der Waals surface area contributed by atoms with Gasteiger partial charge in [0.1, 0.15) is 6.54 Å². The number of hydrogen-bond donors (Lipinski definition) is 0. The first kappa shape index (κ1) is 17.0. The van der Waals surface area contributed by atoms with Gasteiger partial charge in [0.15, 0.2) is 0 Å². The zero-order valence-electron chi connectivity index (χ0n) is 13.2. The molecule has 0 saturated heterocycles. The Morgan fingerprint density at radius 3 is 2.22 bits per heavy atom. The van der Waals surface area contributed by atoms with E-state index in [-0.39, 0.29) is 18.4 Å². The van der Waals surface area contributed by atoms with Gasteiger partial charge in [-0.1, -0.05) is 48.0 Å². The van der Waals surface area contributed by atoms with Gasteiger partial charge in [-0.25, -0.2) is 0 Å². The minimum atomic E-state index is -0.167. The quantitative estimate of drug-likeness (QED) is 0.843. The first-order valence-corrected chi connectivity index (χ1v) is 7.67. The molecule has 2 rings (SSSR count). The second kappa shape index (κ2) is 7.79. The van der Waals surface area contributed by atoms with Gasteiger partial charge >= 0.3 is 0 Å². The third-order valence-electron chi connectivity index (χ3n) is 3.61. The van der Waals surface area contributed by atoms with Crippen LogP contribution in [-0.2, 0) is 16.1 Å². The van der Waals surface area contributed by atoms with E-state index in [1.54, 1.807) is 18.0 Å².